The lowest BCUT2D eigenvalue weighted by Crippen LogP contribution is -2.32. The highest BCUT2D eigenvalue weighted by atomic mass is 14.9. The van der Waals surface area contributed by atoms with Crippen LogP contribution in [-0.4, -0.2) is 6.54 Å². The van der Waals surface area contributed by atoms with Gasteiger partial charge in [-0.2, -0.15) is 0 Å². The minimum absolute atomic E-state index is 0.545. The molecule has 21 heavy (non-hydrogen) atoms. The predicted molar refractivity (Wildman–Crippen MR) is 92.8 cm³/mol. The summed E-state index contributed by atoms with van der Waals surface area (Å²) in [5, 5.41) is 3.80. The lowest BCUT2D eigenvalue weighted by molar-refractivity contribution is 0.210. The zero-order valence-electron chi connectivity index (χ0n) is 14.6. The first-order chi connectivity index (χ1) is 10.1. The van der Waals surface area contributed by atoms with E-state index in [1.54, 1.807) is 5.56 Å². The largest absolute Gasteiger partial charge is 0.310 e. The average molecular weight is 287 g/mol. The Bertz CT molecular complexity index is 463. The molecule has 118 valence electrons. The molecule has 3 atom stereocenters. The van der Waals surface area contributed by atoms with E-state index in [1.165, 1.54) is 48.8 Å². The molecular weight excluding hydrogens is 254 g/mol. The highest BCUT2D eigenvalue weighted by Crippen LogP contribution is 2.39. The molecule has 1 N–H and O–H groups in total. The Morgan fingerprint density at radius 3 is 2.43 bits per heavy atom. The number of aryl methyl sites for hydroxylation is 3. The summed E-state index contributed by atoms with van der Waals surface area (Å²) in [5.41, 5.74) is 5.85. The maximum atomic E-state index is 3.80. The van der Waals surface area contributed by atoms with Crippen LogP contribution in [0.5, 0.6) is 0 Å². The van der Waals surface area contributed by atoms with Gasteiger partial charge in [0.25, 0.3) is 0 Å². The molecule has 0 aliphatic heterocycles. The van der Waals surface area contributed by atoms with Crippen LogP contribution in [0.3, 0.4) is 0 Å². The summed E-state index contributed by atoms with van der Waals surface area (Å²) in [6.45, 7) is 12.4. The van der Waals surface area contributed by atoms with E-state index in [0.717, 1.165) is 18.4 Å². The van der Waals surface area contributed by atoms with Crippen LogP contribution < -0.4 is 5.32 Å². The lowest BCUT2D eigenvalue weighted by Gasteiger charge is -2.36. The van der Waals surface area contributed by atoms with Gasteiger partial charge in [-0.3, -0.25) is 0 Å². The molecule has 1 aromatic rings. The summed E-state index contributed by atoms with van der Waals surface area (Å²) in [6, 6.07) is 5.35. The molecular formula is C20H33N. The van der Waals surface area contributed by atoms with Crippen molar-refractivity contribution in [2.75, 3.05) is 6.54 Å². The molecule has 0 bridgehead atoms. The summed E-state index contributed by atoms with van der Waals surface area (Å²) in [4.78, 5) is 0. The molecule has 1 heteroatoms. The summed E-state index contributed by atoms with van der Waals surface area (Å²) >= 11 is 0. The Kier molecular flexibility index (Phi) is 5.87. The Hall–Kier alpha value is -0.820. The highest BCUT2D eigenvalue weighted by molar-refractivity contribution is 5.38. The van der Waals surface area contributed by atoms with Gasteiger partial charge in [0, 0.05) is 6.04 Å². The van der Waals surface area contributed by atoms with Crippen molar-refractivity contribution in [3.05, 3.63) is 34.4 Å². The van der Waals surface area contributed by atoms with Crippen molar-refractivity contribution in [2.45, 2.75) is 72.8 Å². The minimum atomic E-state index is 0.545. The van der Waals surface area contributed by atoms with E-state index >= 15 is 0 Å². The topological polar surface area (TPSA) is 12.0 Å². The van der Waals surface area contributed by atoms with E-state index in [-0.39, 0.29) is 0 Å². The summed E-state index contributed by atoms with van der Waals surface area (Å²) in [7, 11) is 0. The Balaban J connectivity index is 2.28. The normalized spacial score (nSPS) is 24.0. The predicted octanol–water partition coefficient (Wildman–Crippen LogP) is 5.48. The number of hydrogen-bond acceptors (Lipinski definition) is 1. The lowest BCUT2D eigenvalue weighted by atomic mass is 9.74. The van der Waals surface area contributed by atoms with Gasteiger partial charge in [0.1, 0.15) is 0 Å². The quantitative estimate of drug-likeness (QED) is 0.756. The van der Waals surface area contributed by atoms with Crippen molar-refractivity contribution in [3.63, 3.8) is 0 Å². The Labute approximate surface area is 131 Å². The zero-order valence-corrected chi connectivity index (χ0v) is 14.6. The molecule has 1 nitrogen and oxygen atoms in total. The van der Waals surface area contributed by atoms with Crippen molar-refractivity contribution in [2.24, 2.45) is 11.8 Å². The van der Waals surface area contributed by atoms with Gasteiger partial charge in [-0.1, -0.05) is 45.2 Å². The molecule has 1 saturated carbocycles. The van der Waals surface area contributed by atoms with Crippen molar-refractivity contribution in [1.82, 2.24) is 5.32 Å². The monoisotopic (exact) mass is 287 g/mol. The number of nitrogens with one attached hydrogen (secondary N) is 1. The maximum absolute atomic E-state index is 3.80. The molecule has 0 aromatic heterocycles. The first kappa shape index (κ1) is 16.5. The Morgan fingerprint density at radius 2 is 1.76 bits per heavy atom. The van der Waals surface area contributed by atoms with Crippen LogP contribution in [0.4, 0.5) is 0 Å². The number of hydrogen-bond donors (Lipinski definition) is 1. The third kappa shape index (κ3) is 3.88. The molecule has 0 amide bonds. The summed E-state index contributed by atoms with van der Waals surface area (Å²) < 4.78 is 0. The van der Waals surface area contributed by atoms with Gasteiger partial charge in [-0.15, -0.1) is 0 Å². The van der Waals surface area contributed by atoms with Crippen molar-refractivity contribution >= 4 is 0 Å². The van der Waals surface area contributed by atoms with Gasteiger partial charge in [0.15, 0.2) is 0 Å². The second-order valence-electron chi connectivity index (χ2n) is 7.03. The molecule has 0 saturated heterocycles. The van der Waals surface area contributed by atoms with E-state index < -0.39 is 0 Å². The molecule has 1 aliphatic carbocycles. The number of rotatable bonds is 5. The van der Waals surface area contributed by atoms with Crippen LogP contribution >= 0.6 is 0 Å². The Morgan fingerprint density at radius 1 is 1.05 bits per heavy atom. The van der Waals surface area contributed by atoms with Crippen LogP contribution in [0, 0.1) is 32.6 Å². The maximum Gasteiger partial charge on any atom is 0.0351 e. The van der Waals surface area contributed by atoms with Crippen LogP contribution in [0.2, 0.25) is 0 Å². The van der Waals surface area contributed by atoms with Gasteiger partial charge in [-0.25, -0.2) is 0 Å². The molecule has 0 radical (unpaired) electrons. The van der Waals surface area contributed by atoms with Crippen molar-refractivity contribution < 1.29 is 0 Å². The van der Waals surface area contributed by atoms with Crippen LogP contribution in [0.1, 0.15) is 74.2 Å². The second kappa shape index (κ2) is 7.45. The zero-order chi connectivity index (χ0) is 15.4. The molecule has 1 aromatic carbocycles. The van der Waals surface area contributed by atoms with Gasteiger partial charge in [0.05, 0.1) is 0 Å². The smallest absolute Gasteiger partial charge is 0.0351 e. The average Bonchev–Trinajstić information content (AvgIpc) is 2.49. The van der Waals surface area contributed by atoms with E-state index in [1.807, 2.05) is 0 Å². The molecule has 2 rings (SSSR count). The molecule has 3 unspecified atom stereocenters. The fraction of sp³-hybridized carbons (Fsp3) is 0.700. The third-order valence-corrected chi connectivity index (χ3v) is 5.51. The molecule has 1 fully saturated rings. The number of benzene rings is 1. The first-order valence-corrected chi connectivity index (χ1v) is 8.87. The van der Waals surface area contributed by atoms with Crippen LogP contribution in [-0.2, 0) is 0 Å². The molecule has 0 heterocycles. The van der Waals surface area contributed by atoms with E-state index in [4.69, 9.17) is 0 Å². The van der Waals surface area contributed by atoms with Crippen molar-refractivity contribution in [1.29, 1.82) is 0 Å². The third-order valence-electron chi connectivity index (χ3n) is 5.51. The fourth-order valence-corrected chi connectivity index (χ4v) is 4.07. The van der Waals surface area contributed by atoms with Gasteiger partial charge in [-0.05, 0) is 74.2 Å². The van der Waals surface area contributed by atoms with Gasteiger partial charge in [0.2, 0.25) is 0 Å². The second-order valence-corrected chi connectivity index (χ2v) is 7.03. The fourth-order valence-electron chi connectivity index (χ4n) is 4.07. The first-order valence-electron chi connectivity index (χ1n) is 8.87. The SMILES string of the molecule is CCNC(c1cc(C)c(C)cc1C)C1CCCC(CC)C1. The van der Waals surface area contributed by atoms with Crippen LogP contribution in [0.25, 0.3) is 0 Å². The van der Waals surface area contributed by atoms with Gasteiger partial charge >= 0.3 is 0 Å². The standard InChI is InChI=1S/C20H33N/c1-6-17-9-8-10-18(13-17)20(21-7-2)19-12-15(4)14(3)11-16(19)5/h11-12,17-18,20-21H,6-10,13H2,1-5H3. The van der Waals surface area contributed by atoms with E-state index in [0.29, 0.717) is 6.04 Å². The van der Waals surface area contributed by atoms with Gasteiger partial charge < -0.3 is 5.32 Å². The summed E-state index contributed by atoms with van der Waals surface area (Å²) in [6.07, 6.45) is 7.00. The minimum Gasteiger partial charge on any atom is -0.310 e. The van der Waals surface area contributed by atoms with Crippen LogP contribution in [0.15, 0.2) is 12.1 Å². The molecule has 0 spiro atoms. The summed E-state index contributed by atoms with van der Waals surface area (Å²) in [5.74, 6) is 1.75. The van der Waals surface area contributed by atoms with E-state index in [9.17, 15) is 0 Å². The molecule has 1 aliphatic rings. The van der Waals surface area contributed by atoms with Crippen molar-refractivity contribution in [3.8, 4) is 0 Å². The van der Waals surface area contributed by atoms with E-state index in [2.05, 4.69) is 52.1 Å². The highest BCUT2D eigenvalue weighted by Gasteiger charge is 2.29.